The topological polar surface area (TPSA) is 72.6 Å². The molecule has 0 fully saturated rings. The van der Waals surface area contributed by atoms with Gasteiger partial charge in [0.05, 0.1) is 17.7 Å². The molecule has 23 heavy (non-hydrogen) atoms. The van der Waals surface area contributed by atoms with Crippen molar-refractivity contribution < 1.29 is 27.5 Å². The molecule has 128 valence electrons. The number of carbonyl (C=O) groups is 2. The summed E-state index contributed by atoms with van der Waals surface area (Å²) >= 11 is 5.80. The molecule has 1 aromatic rings. The zero-order valence-corrected chi connectivity index (χ0v) is 13.2. The molecule has 2 N–H and O–H groups in total. The first-order valence-corrected chi connectivity index (χ1v) is 6.94. The van der Waals surface area contributed by atoms with Gasteiger partial charge in [0.2, 0.25) is 0 Å². The minimum atomic E-state index is -4.62. The molecule has 0 aromatic heterocycles. The van der Waals surface area contributed by atoms with Crippen molar-refractivity contribution in [3.63, 3.8) is 0 Å². The molecule has 1 amide bonds. The van der Waals surface area contributed by atoms with Gasteiger partial charge >= 0.3 is 18.1 Å². The summed E-state index contributed by atoms with van der Waals surface area (Å²) in [6.45, 7) is 1.27. The average Bonchev–Trinajstić information content (AvgIpc) is 2.50. The molecule has 0 radical (unpaired) electrons. The van der Waals surface area contributed by atoms with Crippen LogP contribution in [0.3, 0.4) is 0 Å². The van der Waals surface area contributed by atoms with E-state index in [1.807, 2.05) is 0 Å². The summed E-state index contributed by atoms with van der Waals surface area (Å²) in [5, 5.41) is -0.521. The van der Waals surface area contributed by atoms with Gasteiger partial charge in [-0.2, -0.15) is 13.2 Å². The zero-order valence-electron chi connectivity index (χ0n) is 12.5. The van der Waals surface area contributed by atoms with E-state index < -0.39 is 34.7 Å². The van der Waals surface area contributed by atoms with Crippen molar-refractivity contribution in [2.24, 2.45) is 5.73 Å². The molecule has 5 nitrogen and oxygen atoms in total. The molecule has 0 bridgehead atoms. The fraction of sp³-hybridized carbons (Fsp3) is 0.429. The Morgan fingerprint density at radius 3 is 2.48 bits per heavy atom. The van der Waals surface area contributed by atoms with Crippen molar-refractivity contribution in [2.75, 3.05) is 13.7 Å². The second-order valence-electron chi connectivity index (χ2n) is 4.79. The predicted octanol–water partition coefficient (Wildman–Crippen LogP) is 2.21. The largest absolute Gasteiger partial charge is 0.462 e. The maximum absolute atomic E-state index is 12.9. The molecule has 0 heterocycles. The van der Waals surface area contributed by atoms with E-state index in [1.54, 1.807) is 6.92 Å². The number of hydrogen-bond donors (Lipinski definition) is 1. The standard InChI is InChI=1S/C14H16ClF3N2O3/c1-8(6-19)20(12(21)13(22)23-2)7-9-4-3-5-10(11(9)15)14(16,17)18/h3-5,8H,6-7,19H2,1-2H3. The maximum Gasteiger partial charge on any atom is 0.417 e. The highest BCUT2D eigenvalue weighted by Crippen LogP contribution is 2.36. The van der Waals surface area contributed by atoms with Crippen LogP contribution in [-0.4, -0.2) is 36.5 Å². The lowest BCUT2D eigenvalue weighted by atomic mass is 10.1. The summed E-state index contributed by atoms with van der Waals surface area (Å²) in [5.41, 5.74) is 4.53. The number of ether oxygens (including phenoxy) is 1. The Balaban J connectivity index is 3.19. The Kier molecular flexibility index (Phi) is 6.40. The molecule has 0 aliphatic carbocycles. The summed E-state index contributed by atoms with van der Waals surface area (Å²) in [4.78, 5) is 24.4. The maximum atomic E-state index is 12.9. The molecule has 0 spiro atoms. The first kappa shape index (κ1) is 19.2. The van der Waals surface area contributed by atoms with Gasteiger partial charge in [0, 0.05) is 19.1 Å². The van der Waals surface area contributed by atoms with Crippen LogP contribution < -0.4 is 5.73 Å². The number of hydrogen-bond acceptors (Lipinski definition) is 4. The lowest BCUT2D eigenvalue weighted by Crippen LogP contribution is -2.45. The summed E-state index contributed by atoms with van der Waals surface area (Å²) in [6, 6.07) is 2.77. The quantitative estimate of drug-likeness (QED) is 0.666. The molecule has 1 rings (SSSR count). The van der Waals surface area contributed by atoms with Crippen LogP contribution in [0.1, 0.15) is 18.1 Å². The molecule has 0 aliphatic heterocycles. The third-order valence-corrected chi connectivity index (χ3v) is 3.67. The molecule has 0 saturated heterocycles. The molecule has 0 saturated carbocycles. The smallest absolute Gasteiger partial charge is 0.417 e. The van der Waals surface area contributed by atoms with Gasteiger partial charge in [-0.25, -0.2) is 4.79 Å². The second-order valence-corrected chi connectivity index (χ2v) is 5.16. The van der Waals surface area contributed by atoms with E-state index in [-0.39, 0.29) is 18.7 Å². The summed E-state index contributed by atoms with van der Waals surface area (Å²) < 4.78 is 43.0. The molecular weight excluding hydrogens is 337 g/mol. The van der Waals surface area contributed by atoms with Gasteiger partial charge in [-0.15, -0.1) is 0 Å². The van der Waals surface area contributed by atoms with Gasteiger partial charge in [0.15, 0.2) is 0 Å². The van der Waals surface area contributed by atoms with Crippen LogP contribution in [0.5, 0.6) is 0 Å². The van der Waals surface area contributed by atoms with Gasteiger partial charge in [-0.05, 0) is 18.6 Å². The van der Waals surface area contributed by atoms with Gasteiger partial charge < -0.3 is 15.4 Å². The number of methoxy groups -OCH3 is 1. The minimum Gasteiger partial charge on any atom is -0.462 e. The minimum absolute atomic E-state index is 0.0132. The number of nitrogens with two attached hydrogens (primary N) is 1. The van der Waals surface area contributed by atoms with E-state index in [2.05, 4.69) is 4.74 Å². The number of nitrogens with zero attached hydrogens (tertiary/aromatic N) is 1. The summed E-state index contributed by atoms with van der Waals surface area (Å²) in [5.74, 6) is -2.13. The third-order valence-electron chi connectivity index (χ3n) is 3.22. The predicted molar refractivity (Wildman–Crippen MR) is 77.5 cm³/mol. The Morgan fingerprint density at radius 1 is 1.39 bits per heavy atom. The highest BCUT2D eigenvalue weighted by molar-refractivity contribution is 6.33. The third kappa shape index (κ3) is 4.59. The fourth-order valence-electron chi connectivity index (χ4n) is 1.86. The van der Waals surface area contributed by atoms with Crippen LogP contribution in [0.2, 0.25) is 5.02 Å². The van der Waals surface area contributed by atoms with Crippen molar-refractivity contribution in [3.8, 4) is 0 Å². The Morgan fingerprint density at radius 2 is 2.00 bits per heavy atom. The van der Waals surface area contributed by atoms with E-state index >= 15 is 0 Å². The lowest BCUT2D eigenvalue weighted by Gasteiger charge is -2.28. The van der Waals surface area contributed by atoms with Crippen molar-refractivity contribution in [1.82, 2.24) is 4.90 Å². The number of halogens is 4. The van der Waals surface area contributed by atoms with Gasteiger partial charge in [0.25, 0.3) is 0 Å². The van der Waals surface area contributed by atoms with Crippen LogP contribution in [0.4, 0.5) is 13.2 Å². The van der Waals surface area contributed by atoms with Gasteiger partial charge in [0.1, 0.15) is 0 Å². The monoisotopic (exact) mass is 352 g/mol. The van der Waals surface area contributed by atoms with Crippen LogP contribution in [0.15, 0.2) is 18.2 Å². The van der Waals surface area contributed by atoms with Gasteiger partial charge in [-0.3, -0.25) is 4.79 Å². The molecule has 9 heteroatoms. The number of alkyl halides is 3. The van der Waals surface area contributed by atoms with Crippen LogP contribution in [0, 0.1) is 0 Å². The van der Waals surface area contributed by atoms with Crippen LogP contribution in [-0.2, 0) is 27.0 Å². The molecule has 1 aromatic carbocycles. The number of esters is 1. The van der Waals surface area contributed by atoms with Crippen molar-refractivity contribution >= 4 is 23.5 Å². The van der Waals surface area contributed by atoms with Crippen molar-refractivity contribution in [3.05, 3.63) is 34.3 Å². The summed E-state index contributed by atoms with van der Waals surface area (Å²) in [6.07, 6.45) is -4.62. The zero-order chi connectivity index (χ0) is 17.8. The van der Waals surface area contributed by atoms with Crippen LogP contribution in [0.25, 0.3) is 0 Å². The highest BCUT2D eigenvalue weighted by atomic mass is 35.5. The molecule has 1 atom stereocenters. The average molecular weight is 353 g/mol. The molecule has 1 unspecified atom stereocenters. The number of rotatable bonds is 4. The first-order valence-electron chi connectivity index (χ1n) is 6.57. The van der Waals surface area contributed by atoms with Gasteiger partial charge in [-0.1, -0.05) is 23.7 Å². The number of carbonyl (C=O) groups excluding carboxylic acids is 2. The van der Waals surface area contributed by atoms with Crippen LogP contribution >= 0.6 is 11.6 Å². The van der Waals surface area contributed by atoms with Crippen molar-refractivity contribution in [2.45, 2.75) is 25.7 Å². The van der Waals surface area contributed by atoms with E-state index in [1.165, 1.54) is 12.1 Å². The summed E-state index contributed by atoms with van der Waals surface area (Å²) in [7, 11) is 1.03. The molecule has 0 aliphatic rings. The SMILES string of the molecule is COC(=O)C(=O)N(Cc1cccc(C(F)(F)F)c1Cl)C(C)CN. The molecular formula is C14H16ClF3N2O3. The first-order chi connectivity index (χ1) is 10.6. The Labute approximate surface area is 136 Å². The van der Waals surface area contributed by atoms with Crippen molar-refractivity contribution in [1.29, 1.82) is 0 Å². The number of benzene rings is 1. The fourth-order valence-corrected chi connectivity index (χ4v) is 2.16. The van der Waals surface area contributed by atoms with E-state index in [9.17, 15) is 22.8 Å². The number of amides is 1. The normalized spacial score (nSPS) is 12.7. The van der Waals surface area contributed by atoms with E-state index in [0.717, 1.165) is 18.1 Å². The van der Waals surface area contributed by atoms with E-state index in [0.29, 0.717) is 0 Å². The second kappa shape index (κ2) is 7.65. The highest BCUT2D eigenvalue weighted by Gasteiger charge is 2.35. The Hall–Kier alpha value is -1.80. The lowest BCUT2D eigenvalue weighted by molar-refractivity contribution is -0.159. The Bertz CT molecular complexity index is 593. The van der Waals surface area contributed by atoms with E-state index in [4.69, 9.17) is 17.3 Å².